The Bertz CT molecular complexity index is 1100. The predicted molar refractivity (Wildman–Crippen MR) is 123 cm³/mol. The summed E-state index contributed by atoms with van der Waals surface area (Å²) in [4.78, 5) is 51.3. The zero-order chi connectivity index (χ0) is 24.3. The summed E-state index contributed by atoms with van der Waals surface area (Å²) in [6.07, 6.45) is 0. The van der Waals surface area contributed by atoms with Crippen LogP contribution in [-0.4, -0.2) is 48.3 Å². The molecule has 0 aromatic heterocycles. The van der Waals surface area contributed by atoms with Crippen molar-refractivity contribution in [3.05, 3.63) is 58.6 Å². The third-order valence-corrected chi connectivity index (χ3v) is 5.50. The molecule has 9 nitrogen and oxygen atoms in total. The van der Waals surface area contributed by atoms with E-state index in [9.17, 15) is 19.2 Å². The van der Waals surface area contributed by atoms with E-state index >= 15 is 0 Å². The van der Waals surface area contributed by atoms with Crippen molar-refractivity contribution in [1.82, 2.24) is 15.5 Å². The molecule has 0 saturated carbocycles. The Morgan fingerprint density at radius 2 is 1.82 bits per heavy atom. The Morgan fingerprint density at radius 3 is 2.42 bits per heavy atom. The lowest BCUT2D eigenvalue weighted by atomic mass is 9.92. The van der Waals surface area contributed by atoms with Crippen molar-refractivity contribution in [3.8, 4) is 5.75 Å². The second-order valence-electron chi connectivity index (χ2n) is 8.05. The molecule has 0 aliphatic carbocycles. The zero-order valence-electron chi connectivity index (χ0n) is 18.7. The lowest BCUT2D eigenvalue weighted by Gasteiger charge is -2.22. The molecular formula is C23H25ClN4O5. The van der Waals surface area contributed by atoms with Crippen molar-refractivity contribution in [1.29, 1.82) is 0 Å². The predicted octanol–water partition coefficient (Wildman–Crippen LogP) is 2.89. The smallest absolute Gasteiger partial charge is 0.325 e. The van der Waals surface area contributed by atoms with Gasteiger partial charge in [0.25, 0.3) is 11.8 Å². The Morgan fingerprint density at radius 1 is 1.15 bits per heavy atom. The number of ether oxygens (including phenoxy) is 1. The van der Waals surface area contributed by atoms with Gasteiger partial charge in [0.15, 0.2) is 0 Å². The topological polar surface area (TPSA) is 117 Å². The minimum Gasteiger partial charge on any atom is -0.497 e. The van der Waals surface area contributed by atoms with Crippen LogP contribution in [0.3, 0.4) is 0 Å². The maximum Gasteiger partial charge on any atom is 0.325 e. The van der Waals surface area contributed by atoms with Crippen molar-refractivity contribution in [3.63, 3.8) is 0 Å². The van der Waals surface area contributed by atoms with Gasteiger partial charge in [-0.2, -0.15) is 0 Å². The highest BCUT2D eigenvalue weighted by atomic mass is 35.5. The molecule has 0 bridgehead atoms. The van der Waals surface area contributed by atoms with Crippen LogP contribution in [0.5, 0.6) is 5.75 Å². The molecule has 1 atom stereocenters. The minimum atomic E-state index is -1.32. The van der Waals surface area contributed by atoms with E-state index in [4.69, 9.17) is 16.3 Å². The molecule has 10 heteroatoms. The summed E-state index contributed by atoms with van der Waals surface area (Å²) < 4.78 is 5.12. The van der Waals surface area contributed by atoms with Crippen molar-refractivity contribution in [2.45, 2.75) is 32.4 Å². The number of nitrogens with zero attached hydrogens (tertiary/aromatic N) is 1. The first kappa shape index (κ1) is 24.1. The third-order valence-electron chi connectivity index (χ3n) is 5.17. The number of hydrogen-bond acceptors (Lipinski definition) is 5. The van der Waals surface area contributed by atoms with Crippen LogP contribution in [0.25, 0.3) is 0 Å². The van der Waals surface area contributed by atoms with E-state index < -0.39 is 29.9 Å². The number of amides is 5. The number of hydrogen-bond donors (Lipinski definition) is 3. The minimum absolute atomic E-state index is 0.0640. The van der Waals surface area contributed by atoms with E-state index in [2.05, 4.69) is 16.0 Å². The summed E-state index contributed by atoms with van der Waals surface area (Å²) in [7, 11) is 1.53. The fraction of sp³-hybridized carbons (Fsp3) is 0.304. The summed E-state index contributed by atoms with van der Waals surface area (Å²) >= 11 is 6.16. The zero-order valence-corrected chi connectivity index (χ0v) is 19.4. The van der Waals surface area contributed by atoms with Gasteiger partial charge in [-0.1, -0.05) is 23.7 Å². The highest BCUT2D eigenvalue weighted by molar-refractivity contribution is 6.34. The number of anilines is 1. The number of urea groups is 1. The van der Waals surface area contributed by atoms with Crippen LogP contribution in [-0.2, 0) is 15.1 Å². The van der Waals surface area contributed by atoms with Gasteiger partial charge in [0.1, 0.15) is 17.8 Å². The van der Waals surface area contributed by atoms with E-state index in [1.54, 1.807) is 31.2 Å². The number of benzene rings is 2. The van der Waals surface area contributed by atoms with E-state index in [0.717, 1.165) is 4.90 Å². The number of imide groups is 1. The fourth-order valence-electron chi connectivity index (χ4n) is 3.40. The van der Waals surface area contributed by atoms with Crippen LogP contribution in [0.15, 0.2) is 42.5 Å². The molecule has 1 fully saturated rings. The molecule has 0 radical (unpaired) electrons. The SMILES string of the molecule is COc1ccc(C2(C)NC(=O)N(CC(=O)Nc3cc(C(=O)NC(C)C)ccc3Cl)C2=O)cc1. The summed E-state index contributed by atoms with van der Waals surface area (Å²) in [5.74, 6) is -0.914. The highest BCUT2D eigenvalue weighted by Crippen LogP contribution is 2.30. The maximum atomic E-state index is 13.0. The van der Waals surface area contributed by atoms with E-state index in [-0.39, 0.29) is 22.7 Å². The number of nitrogens with one attached hydrogen (secondary N) is 3. The number of halogens is 1. The normalized spacial score (nSPS) is 17.7. The first-order chi connectivity index (χ1) is 15.5. The molecule has 1 saturated heterocycles. The number of carbonyl (C=O) groups is 4. The number of carbonyl (C=O) groups excluding carboxylic acids is 4. The van der Waals surface area contributed by atoms with Crippen molar-refractivity contribution in [2.75, 3.05) is 19.0 Å². The highest BCUT2D eigenvalue weighted by Gasteiger charge is 2.49. The molecule has 174 valence electrons. The summed E-state index contributed by atoms with van der Waals surface area (Å²) in [6, 6.07) is 10.4. The molecule has 0 spiro atoms. The average molecular weight is 473 g/mol. The molecule has 1 heterocycles. The quantitative estimate of drug-likeness (QED) is 0.536. The molecule has 2 aromatic rings. The van der Waals surface area contributed by atoms with Gasteiger partial charge < -0.3 is 20.7 Å². The Kier molecular flexibility index (Phi) is 6.92. The molecule has 1 aliphatic rings. The van der Waals surface area contributed by atoms with Gasteiger partial charge in [0.05, 0.1) is 17.8 Å². The van der Waals surface area contributed by atoms with Crippen molar-refractivity contribution >= 4 is 41.0 Å². The second-order valence-corrected chi connectivity index (χ2v) is 8.45. The van der Waals surface area contributed by atoms with Gasteiger partial charge in [0.2, 0.25) is 5.91 Å². The van der Waals surface area contributed by atoms with E-state index in [1.165, 1.54) is 25.3 Å². The van der Waals surface area contributed by atoms with Crippen LogP contribution in [0, 0.1) is 0 Å². The molecule has 33 heavy (non-hydrogen) atoms. The lowest BCUT2D eigenvalue weighted by molar-refractivity contribution is -0.133. The molecule has 1 aliphatic heterocycles. The van der Waals surface area contributed by atoms with Crippen molar-refractivity contribution < 1.29 is 23.9 Å². The fourth-order valence-corrected chi connectivity index (χ4v) is 3.57. The van der Waals surface area contributed by atoms with E-state index in [0.29, 0.717) is 16.9 Å². The lowest BCUT2D eigenvalue weighted by Crippen LogP contribution is -2.42. The van der Waals surface area contributed by atoms with Crippen LogP contribution < -0.4 is 20.7 Å². The Hall–Kier alpha value is -3.59. The van der Waals surface area contributed by atoms with Crippen LogP contribution in [0.1, 0.15) is 36.7 Å². The van der Waals surface area contributed by atoms with Gasteiger partial charge in [-0.25, -0.2) is 4.79 Å². The molecule has 5 amide bonds. The van der Waals surface area contributed by atoms with Gasteiger partial charge >= 0.3 is 6.03 Å². The average Bonchev–Trinajstić information content (AvgIpc) is 2.98. The third kappa shape index (κ3) is 5.09. The summed E-state index contributed by atoms with van der Waals surface area (Å²) in [5.41, 5.74) is -0.263. The van der Waals surface area contributed by atoms with E-state index in [1.807, 2.05) is 13.8 Å². The first-order valence-electron chi connectivity index (χ1n) is 10.2. The van der Waals surface area contributed by atoms with Gasteiger partial charge in [-0.3, -0.25) is 19.3 Å². The van der Waals surface area contributed by atoms with Crippen LogP contribution >= 0.6 is 11.6 Å². The summed E-state index contributed by atoms with van der Waals surface area (Å²) in [5, 5.41) is 8.18. The number of methoxy groups -OCH3 is 1. The Labute approximate surface area is 196 Å². The van der Waals surface area contributed by atoms with Crippen LogP contribution in [0.2, 0.25) is 5.02 Å². The van der Waals surface area contributed by atoms with Crippen LogP contribution in [0.4, 0.5) is 10.5 Å². The molecule has 3 rings (SSSR count). The largest absolute Gasteiger partial charge is 0.497 e. The first-order valence-corrected chi connectivity index (χ1v) is 10.6. The Balaban J connectivity index is 1.73. The molecule has 3 N–H and O–H groups in total. The van der Waals surface area contributed by atoms with Gasteiger partial charge in [-0.05, 0) is 56.7 Å². The number of rotatable bonds is 7. The second kappa shape index (κ2) is 9.50. The maximum absolute atomic E-state index is 13.0. The molecule has 1 unspecified atom stereocenters. The summed E-state index contributed by atoms with van der Waals surface area (Å²) in [6.45, 7) is 4.71. The standard InChI is InChI=1S/C23H25ClN4O5/c1-13(2)25-20(30)14-5-10-17(24)18(11-14)26-19(29)12-28-21(31)23(3,27-22(28)32)15-6-8-16(33-4)9-7-15/h5-11,13H,12H2,1-4H3,(H,25,30)(H,26,29)(H,27,32). The van der Waals surface area contributed by atoms with Gasteiger partial charge in [-0.15, -0.1) is 0 Å². The monoisotopic (exact) mass is 472 g/mol. The van der Waals surface area contributed by atoms with Gasteiger partial charge in [0, 0.05) is 11.6 Å². The molecule has 2 aromatic carbocycles. The molecular weight excluding hydrogens is 448 g/mol. The van der Waals surface area contributed by atoms with Crippen molar-refractivity contribution in [2.24, 2.45) is 0 Å².